The topological polar surface area (TPSA) is 47.6 Å². The second-order valence-corrected chi connectivity index (χ2v) is 8.44. The molecule has 0 aromatic heterocycles. The highest BCUT2D eigenvalue weighted by molar-refractivity contribution is 9.10. The van der Waals surface area contributed by atoms with Gasteiger partial charge in [0.1, 0.15) is 0 Å². The van der Waals surface area contributed by atoms with Gasteiger partial charge in [0.15, 0.2) is 8.38 Å². The normalized spacial score (nSPS) is 10.8. The van der Waals surface area contributed by atoms with Crippen LogP contribution in [0.1, 0.15) is 21.5 Å². The maximum absolute atomic E-state index is 12.4. The van der Waals surface area contributed by atoms with Crippen LogP contribution in [0.3, 0.4) is 0 Å². The molecule has 1 N–H and O–H groups in total. The summed E-state index contributed by atoms with van der Waals surface area (Å²) in [5, 5.41) is 2.92. The van der Waals surface area contributed by atoms with Crippen molar-refractivity contribution >= 4 is 30.2 Å². The predicted octanol–water partition coefficient (Wildman–Crippen LogP) is 5.88. The molecule has 3 aromatic carbocycles. The van der Waals surface area contributed by atoms with Crippen molar-refractivity contribution in [1.29, 1.82) is 0 Å². The van der Waals surface area contributed by atoms with Crippen molar-refractivity contribution in [3.8, 4) is 0 Å². The SMILES string of the molecule is O=C(NCP(OCc1ccccc1)OCc1ccccc1)c1ccc(Br)cc1. The van der Waals surface area contributed by atoms with Crippen LogP contribution in [0.25, 0.3) is 0 Å². The fourth-order valence-electron chi connectivity index (χ4n) is 2.41. The fraction of sp³-hybridized carbons (Fsp3) is 0.136. The molecule has 28 heavy (non-hydrogen) atoms. The van der Waals surface area contributed by atoms with E-state index in [4.69, 9.17) is 9.05 Å². The van der Waals surface area contributed by atoms with Crippen molar-refractivity contribution in [2.45, 2.75) is 13.2 Å². The third kappa shape index (κ3) is 6.84. The minimum Gasteiger partial charge on any atom is -0.343 e. The lowest BCUT2D eigenvalue weighted by atomic mass is 10.2. The second-order valence-electron chi connectivity index (χ2n) is 6.02. The van der Waals surface area contributed by atoms with E-state index in [-0.39, 0.29) is 5.91 Å². The molecule has 1 amide bonds. The van der Waals surface area contributed by atoms with E-state index in [1.165, 1.54) is 0 Å². The number of halogens is 1. The number of nitrogens with one attached hydrogen (secondary N) is 1. The summed E-state index contributed by atoms with van der Waals surface area (Å²) in [4.78, 5) is 12.4. The first-order valence-corrected chi connectivity index (χ1v) is 11.0. The Bertz CT molecular complexity index is 816. The first-order valence-electron chi connectivity index (χ1n) is 8.86. The molecule has 0 saturated heterocycles. The zero-order valence-corrected chi connectivity index (χ0v) is 17.7. The minimum absolute atomic E-state index is 0.147. The van der Waals surface area contributed by atoms with Gasteiger partial charge in [0.05, 0.1) is 19.5 Å². The molecule has 0 aliphatic rings. The Kier molecular flexibility index (Phi) is 8.19. The summed E-state index contributed by atoms with van der Waals surface area (Å²) >= 11 is 3.37. The summed E-state index contributed by atoms with van der Waals surface area (Å²) in [7, 11) is -1.28. The Labute approximate surface area is 174 Å². The molecule has 0 spiro atoms. The highest BCUT2D eigenvalue weighted by Crippen LogP contribution is 2.39. The van der Waals surface area contributed by atoms with Gasteiger partial charge in [-0.25, -0.2) is 0 Å². The molecule has 4 nitrogen and oxygen atoms in total. The van der Waals surface area contributed by atoms with Crippen LogP contribution in [0.4, 0.5) is 0 Å². The first-order chi connectivity index (χ1) is 13.7. The van der Waals surface area contributed by atoms with E-state index in [0.717, 1.165) is 15.6 Å². The molecule has 0 radical (unpaired) electrons. The van der Waals surface area contributed by atoms with Crippen molar-refractivity contribution in [3.05, 3.63) is 106 Å². The summed E-state index contributed by atoms with van der Waals surface area (Å²) in [5.41, 5.74) is 2.74. The van der Waals surface area contributed by atoms with E-state index < -0.39 is 8.38 Å². The molecule has 0 unspecified atom stereocenters. The van der Waals surface area contributed by atoms with Gasteiger partial charge >= 0.3 is 0 Å². The Morgan fingerprint density at radius 3 is 1.79 bits per heavy atom. The van der Waals surface area contributed by atoms with Crippen LogP contribution < -0.4 is 5.32 Å². The van der Waals surface area contributed by atoms with E-state index in [1.54, 1.807) is 12.1 Å². The van der Waals surface area contributed by atoms with Crippen LogP contribution in [-0.4, -0.2) is 12.2 Å². The van der Waals surface area contributed by atoms with Crippen LogP contribution in [0, 0.1) is 0 Å². The average molecular weight is 458 g/mol. The molecule has 0 fully saturated rings. The molecule has 0 aliphatic heterocycles. The van der Waals surface area contributed by atoms with Gasteiger partial charge in [-0.05, 0) is 35.4 Å². The zero-order chi connectivity index (χ0) is 19.6. The van der Waals surface area contributed by atoms with Gasteiger partial charge in [0.2, 0.25) is 0 Å². The molecule has 6 heteroatoms. The number of benzene rings is 3. The quantitative estimate of drug-likeness (QED) is 0.408. The number of carbonyl (C=O) groups excluding carboxylic acids is 1. The molecule has 3 aromatic rings. The van der Waals surface area contributed by atoms with Crippen molar-refractivity contribution < 1.29 is 13.8 Å². The number of rotatable bonds is 9. The predicted molar refractivity (Wildman–Crippen MR) is 116 cm³/mol. The fourth-order valence-corrected chi connectivity index (χ4v) is 3.79. The maximum atomic E-state index is 12.4. The van der Waals surface area contributed by atoms with Crippen molar-refractivity contribution in [2.24, 2.45) is 0 Å². The molecule has 0 heterocycles. The molecule has 0 bridgehead atoms. The van der Waals surface area contributed by atoms with E-state index in [2.05, 4.69) is 21.2 Å². The monoisotopic (exact) mass is 457 g/mol. The van der Waals surface area contributed by atoms with Gasteiger partial charge < -0.3 is 14.4 Å². The Balaban J connectivity index is 1.57. The third-order valence-electron chi connectivity index (χ3n) is 3.91. The van der Waals surface area contributed by atoms with E-state index in [9.17, 15) is 4.79 Å². The molecular weight excluding hydrogens is 437 g/mol. The Morgan fingerprint density at radius 1 is 0.786 bits per heavy atom. The lowest BCUT2D eigenvalue weighted by Crippen LogP contribution is -2.24. The number of hydrogen-bond donors (Lipinski definition) is 1. The number of hydrogen-bond acceptors (Lipinski definition) is 3. The van der Waals surface area contributed by atoms with E-state index in [1.807, 2.05) is 72.8 Å². The van der Waals surface area contributed by atoms with E-state index >= 15 is 0 Å². The lowest BCUT2D eigenvalue weighted by Gasteiger charge is -2.18. The smallest absolute Gasteiger partial charge is 0.251 e. The highest BCUT2D eigenvalue weighted by atomic mass is 79.9. The van der Waals surface area contributed by atoms with Gasteiger partial charge in [-0.2, -0.15) is 0 Å². The first kappa shape index (κ1) is 20.7. The van der Waals surface area contributed by atoms with Gasteiger partial charge in [-0.15, -0.1) is 0 Å². The van der Waals surface area contributed by atoms with Crippen LogP contribution >= 0.6 is 24.3 Å². The van der Waals surface area contributed by atoms with E-state index in [0.29, 0.717) is 25.1 Å². The van der Waals surface area contributed by atoms with Crippen LogP contribution in [0.2, 0.25) is 0 Å². The van der Waals surface area contributed by atoms with Crippen LogP contribution in [0.15, 0.2) is 89.4 Å². The standard InChI is InChI=1S/C22H21BrNO3P/c23-21-13-11-20(12-14-21)22(25)24-17-28(26-15-18-7-3-1-4-8-18)27-16-19-9-5-2-6-10-19/h1-14H,15-17H2,(H,24,25). The summed E-state index contributed by atoms with van der Waals surface area (Å²) < 4.78 is 12.9. The molecule has 0 atom stereocenters. The number of amides is 1. The number of carbonyl (C=O) groups is 1. The van der Waals surface area contributed by atoms with Crippen LogP contribution in [0.5, 0.6) is 0 Å². The second kappa shape index (κ2) is 11.1. The summed E-state index contributed by atoms with van der Waals surface area (Å²) in [6, 6.07) is 27.1. The summed E-state index contributed by atoms with van der Waals surface area (Å²) in [6.07, 6.45) is 0.323. The highest BCUT2D eigenvalue weighted by Gasteiger charge is 2.14. The third-order valence-corrected chi connectivity index (χ3v) is 5.69. The van der Waals surface area contributed by atoms with Gasteiger partial charge in [0, 0.05) is 10.0 Å². The van der Waals surface area contributed by atoms with Crippen molar-refractivity contribution in [3.63, 3.8) is 0 Å². The Hall–Kier alpha value is -2.04. The molecule has 3 rings (SSSR count). The van der Waals surface area contributed by atoms with Crippen molar-refractivity contribution in [1.82, 2.24) is 5.32 Å². The Morgan fingerprint density at radius 2 is 1.29 bits per heavy atom. The minimum atomic E-state index is -1.28. The molecule has 0 saturated carbocycles. The van der Waals surface area contributed by atoms with Crippen LogP contribution in [-0.2, 0) is 22.3 Å². The lowest BCUT2D eigenvalue weighted by molar-refractivity contribution is 0.0956. The summed E-state index contributed by atoms with van der Waals surface area (Å²) in [5.74, 6) is -0.147. The molecular formula is C22H21BrNO3P. The maximum Gasteiger partial charge on any atom is 0.251 e. The summed E-state index contributed by atoms with van der Waals surface area (Å²) in [6.45, 7) is 0.880. The zero-order valence-electron chi connectivity index (χ0n) is 15.3. The van der Waals surface area contributed by atoms with Crippen molar-refractivity contribution in [2.75, 3.05) is 6.29 Å². The molecule has 0 aliphatic carbocycles. The largest absolute Gasteiger partial charge is 0.343 e. The molecule has 144 valence electrons. The average Bonchev–Trinajstić information content (AvgIpc) is 2.75. The van der Waals surface area contributed by atoms with Gasteiger partial charge in [0.25, 0.3) is 5.91 Å². The van der Waals surface area contributed by atoms with Gasteiger partial charge in [-0.1, -0.05) is 76.6 Å². The van der Waals surface area contributed by atoms with Gasteiger partial charge in [-0.3, -0.25) is 4.79 Å².